The summed E-state index contributed by atoms with van der Waals surface area (Å²) in [6.07, 6.45) is 6.92. The van der Waals surface area contributed by atoms with Crippen molar-refractivity contribution in [2.24, 2.45) is 0 Å². The van der Waals surface area contributed by atoms with Crippen molar-refractivity contribution in [3.05, 3.63) is 65.0 Å². The van der Waals surface area contributed by atoms with E-state index in [1.807, 2.05) is 17.4 Å². The first kappa shape index (κ1) is 11.7. The van der Waals surface area contributed by atoms with Crippen LogP contribution in [0.5, 0.6) is 0 Å². The number of para-hydroxylation sites is 1. The summed E-state index contributed by atoms with van der Waals surface area (Å²) >= 11 is 1.93. The van der Waals surface area contributed by atoms with Gasteiger partial charge in [0.15, 0.2) is 0 Å². The standard InChI is InChI=1S/C18H15NS/c1-2-6-13(7-3-1)19-14-10-11-16-15-8-4-5-9-17(15)20-18(16)12-14/h1-4,6-8,10-12,19H,5,9H2. The lowest BCUT2D eigenvalue weighted by Gasteiger charge is -2.06. The molecule has 1 aromatic heterocycles. The van der Waals surface area contributed by atoms with Crippen LogP contribution in [0.2, 0.25) is 0 Å². The fraction of sp³-hybridized carbons (Fsp3) is 0.111. The van der Waals surface area contributed by atoms with Crippen LogP contribution in [0.15, 0.2) is 54.6 Å². The first-order valence-corrected chi connectivity index (χ1v) is 7.76. The van der Waals surface area contributed by atoms with Gasteiger partial charge in [0.1, 0.15) is 0 Å². The summed E-state index contributed by atoms with van der Waals surface area (Å²) in [4.78, 5) is 1.53. The maximum absolute atomic E-state index is 3.47. The monoisotopic (exact) mass is 277 g/mol. The number of thiophene rings is 1. The lowest BCUT2D eigenvalue weighted by molar-refractivity contribution is 1.02. The van der Waals surface area contributed by atoms with Crippen LogP contribution in [0.25, 0.3) is 16.2 Å². The molecule has 1 N–H and O–H groups in total. The highest BCUT2D eigenvalue weighted by Gasteiger charge is 2.12. The maximum atomic E-state index is 3.47. The number of fused-ring (bicyclic) bond motifs is 3. The minimum Gasteiger partial charge on any atom is -0.355 e. The Balaban J connectivity index is 1.74. The smallest absolute Gasteiger partial charge is 0.0398 e. The largest absolute Gasteiger partial charge is 0.355 e. The number of allylic oxidation sites excluding steroid dienone is 1. The van der Waals surface area contributed by atoms with Gasteiger partial charge < -0.3 is 5.32 Å². The summed E-state index contributed by atoms with van der Waals surface area (Å²) in [5, 5.41) is 4.85. The Bertz CT molecular complexity index is 784. The average molecular weight is 277 g/mol. The lowest BCUT2D eigenvalue weighted by Crippen LogP contribution is -1.89. The van der Waals surface area contributed by atoms with Gasteiger partial charge in [-0.3, -0.25) is 0 Å². The van der Waals surface area contributed by atoms with E-state index in [0.717, 1.165) is 11.4 Å². The molecular formula is C18H15NS. The first-order chi connectivity index (χ1) is 9.90. The van der Waals surface area contributed by atoms with Gasteiger partial charge in [-0.15, -0.1) is 11.3 Å². The zero-order valence-electron chi connectivity index (χ0n) is 11.1. The van der Waals surface area contributed by atoms with Crippen molar-refractivity contribution in [1.82, 2.24) is 0 Å². The van der Waals surface area contributed by atoms with Gasteiger partial charge in [0.05, 0.1) is 0 Å². The van der Waals surface area contributed by atoms with E-state index in [9.17, 15) is 0 Å². The fourth-order valence-corrected chi connectivity index (χ4v) is 3.96. The summed E-state index contributed by atoms with van der Waals surface area (Å²) in [6.45, 7) is 0. The van der Waals surface area contributed by atoms with Gasteiger partial charge in [-0.25, -0.2) is 0 Å². The Kier molecular flexibility index (Phi) is 2.82. The van der Waals surface area contributed by atoms with Crippen molar-refractivity contribution in [2.75, 3.05) is 5.32 Å². The SMILES string of the molecule is C1=Cc2c(sc3cc(Nc4ccccc4)ccc23)CC1. The molecule has 3 aromatic rings. The molecule has 2 aromatic carbocycles. The third-order valence-electron chi connectivity index (χ3n) is 3.69. The summed E-state index contributed by atoms with van der Waals surface area (Å²) in [5.41, 5.74) is 3.72. The van der Waals surface area contributed by atoms with Gasteiger partial charge in [0.25, 0.3) is 0 Å². The second kappa shape index (κ2) is 4.80. The molecule has 0 atom stereocenters. The van der Waals surface area contributed by atoms with Crippen molar-refractivity contribution < 1.29 is 0 Å². The molecule has 0 radical (unpaired) electrons. The van der Waals surface area contributed by atoms with E-state index >= 15 is 0 Å². The molecule has 0 aliphatic heterocycles. The van der Waals surface area contributed by atoms with Crippen LogP contribution in [-0.2, 0) is 6.42 Å². The minimum atomic E-state index is 1.13. The third-order valence-corrected chi connectivity index (χ3v) is 4.92. The maximum Gasteiger partial charge on any atom is 0.0398 e. The number of nitrogens with one attached hydrogen (secondary N) is 1. The molecular weight excluding hydrogens is 262 g/mol. The molecule has 0 saturated heterocycles. The first-order valence-electron chi connectivity index (χ1n) is 6.94. The van der Waals surface area contributed by atoms with Crippen LogP contribution in [0.1, 0.15) is 16.9 Å². The molecule has 1 aliphatic carbocycles. The van der Waals surface area contributed by atoms with Gasteiger partial charge in [-0.05, 0) is 42.7 Å². The van der Waals surface area contributed by atoms with E-state index < -0.39 is 0 Å². The number of hydrogen-bond acceptors (Lipinski definition) is 2. The van der Waals surface area contributed by atoms with Gasteiger partial charge >= 0.3 is 0 Å². The molecule has 4 rings (SSSR count). The Hall–Kier alpha value is -2.06. The van der Waals surface area contributed by atoms with Crippen LogP contribution in [-0.4, -0.2) is 0 Å². The van der Waals surface area contributed by atoms with E-state index in [4.69, 9.17) is 0 Å². The second-order valence-electron chi connectivity index (χ2n) is 5.08. The quantitative estimate of drug-likeness (QED) is 0.642. The van der Waals surface area contributed by atoms with Crippen molar-refractivity contribution in [1.29, 1.82) is 0 Å². The van der Waals surface area contributed by atoms with Crippen LogP contribution in [0.4, 0.5) is 11.4 Å². The van der Waals surface area contributed by atoms with E-state index in [1.165, 1.54) is 33.4 Å². The van der Waals surface area contributed by atoms with Gasteiger partial charge in [-0.1, -0.05) is 36.4 Å². The Labute approximate surface area is 122 Å². The lowest BCUT2D eigenvalue weighted by atomic mass is 10.0. The topological polar surface area (TPSA) is 12.0 Å². The zero-order valence-corrected chi connectivity index (χ0v) is 11.9. The summed E-state index contributed by atoms with van der Waals surface area (Å²) in [5.74, 6) is 0. The molecule has 2 heteroatoms. The van der Waals surface area contributed by atoms with Crippen LogP contribution < -0.4 is 5.32 Å². The predicted octanol–water partition coefficient (Wildman–Crippen LogP) is 5.60. The fourth-order valence-electron chi connectivity index (χ4n) is 2.72. The zero-order chi connectivity index (χ0) is 13.4. The van der Waals surface area contributed by atoms with E-state index in [-0.39, 0.29) is 0 Å². The molecule has 0 bridgehead atoms. The molecule has 1 nitrogen and oxygen atoms in total. The average Bonchev–Trinajstić information content (AvgIpc) is 2.86. The highest BCUT2D eigenvalue weighted by Crippen LogP contribution is 2.37. The number of anilines is 2. The number of hydrogen-bond donors (Lipinski definition) is 1. The van der Waals surface area contributed by atoms with Crippen molar-refractivity contribution in [3.8, 4) is 0 Å². The van der Waals surface area contributed by atoms with Crippen LogP contribution in [0, 0.1) is 0 Å². The Morgan fingerprint density at radius 3 is 2.75 bits per heavy atom. The molecule has 1 aliphatic rings. The van der Waals surface area contributed by atoms with Crippen LogP contribution >= 0.6 is 11.3 Å². The van der Waals surface area contributed by atoms with E-state index in [0.29, 0.717) is 0 Å². The molecule has 0 spiro atoms. The van der Waals surface area contributed by atoms with E-state index in [2.05, 4.69) is 59.9 Å². The molecule has 0 unspecified atom stereocenters. The highest BCUT2D eigenvalue weighted by molar-refractivity contribution is 7.19. The van der Waals surface area contributed by atoms with E-state index in [1.54, 1.807) is 0 Å². The van der Waals surface area contributed by atoms with Gasteiger partial charge in [-0.2, -0.15) is 0 Å². The summed E-state index contributed by atoms with van der Waals surface area (Å²) in [7, 11) is 0. The third kappa shape index (κ3) is 2.02. The number of benzene rings is 2. The second-order valence-corrected chi connectivity index (χ2v) is 6.22. The molecule has 0 fully saturated rings. The molecule has 1 heterocycles. The van der Waals surface area contributed by atoms with Crippen molar-refractivity contribution >= 4 is 38.9 Å². The summed E-state index contributed by atoms with van der Waals surface area (Å²) < 4.78 is 1.38. The molecule has 0 saturated carbocycles. The number of aryl methyl sites for hydroxylation is 1. The highest BCUT2D eigenvalue weighted by atomic mass is 32.1. The minimum absolute atomic E-state index is 1.13. The van der Waals surface area contributed by atoms with Crippen molar-refractivity contribution in [3.63, 3.8) is 0 Å². The van der Waals surface area contributed by atoms with Gasteiger partial charge in [0, 0.05) is 26.3 Å². The molecule has 0 amide bonds. The van der Waals surface area contributed by atoms with Gasteiger partial charge in [0.2, 0.25) is 0 Å². The Morgan fingerprint density at radius 2 is 1.85 bits per heavy atom. The molecule has 20 heavy (non-hydrogen) atoms. The van der Waals surface area contributed by atoms with Crippen LogP contribution in [0.3, 0.4) is 0 Å². The van der Waals surface area contributed by atoms with Crippen molar-refractivity contribution in [2.45, 2.75) is 12.8 Å². The Morgan fingerprint density at radius 1 is 0.950 bits per heavy atom. The number of rotatable bonds is 2. The normalized spacial score (nSPS) is 13.4. The predicted molar refractivity (Wildman–Crippen MR) is 88.9 cm³/mol. The molecule has 98 valence electrons. The summed E-state index contributed by atoms with van der Waals surface area (Å²) in [6, 6.07) is 17.0.